The highest BCUT2D eigenvalue weighted by Gasteiger charge is 2.25. The summed E-state index contributed by atoms with van der Waals surface area (Å²) in [5.41, 5.74) is 9.91. The van der Waals surface area contributed by atoms with Crippen molar-refractivity contribution in [1.29, 1.82) is 0 Å². The lowest BCUT2D eigenvalue weighted by molar-refractivity contribution is 0.393. The van der Waals surface area contributed by atoms with Crippen molar-refractivity contribution in [2.45, 2.75) is 38.8 Å². The summed E-state index contributed by atoms with van der Waals surface area (Å²) in [4.78, 5) is 0. The first-order valence-corrected chi connectivity index (χ1v) is 6.27. The Morgan fingerprint density at radius 1 is 1.41 bits per heavy atom. The molecule has 3 N–H and O–H groups in total. The molecule has 3 nitrogen and oxygen atoms in total. The molecule has 1 aromatic carbocycles. The first kappa shape index (κ1) is 12.4. The van der Waals surface area contributed by atoms with Crippen molar-refractivity contribution >= 4 is 0 Å². The summed E-state index contributed by atoms with van der Waals surface area (Å²) < 4.78 is 5.50. The van der Waals surface area contributed by atoms with Crippen LogP contribution in [0.1, 0.15) is 35.6 Å². The van der Waals surface area contributed by atoms with Gasteiger partial charge < -0.3 is 15.8 Å². The second-order valence-corrected chi connectivity index (χ2v) is 4.93. The average Bonchev–Trinajstić information content (AvgIpc) is 2.80. The molecule has 1 saturated heterocycles. The average molecular weight is 234 g/mol. The molecule has 17 heavy (non-hydrogen) atoms. The minimum atomic E-state index is 0.0195. The molecule has 1 heterocycles. The van der Waals surface area contributed by atoms with Crippen LogP contribution < -0.4 is 15.8 Å². The number of aryl methyl sites for hydroxylation is 2. The van der Waals surface area contributed by atoms with Gasteiger partial charge in [0.15, 0.2) is 0 Å². The summed E-state index contributed by atoms with van der Waals surface area (Å²) in [5, 5.41) is 3.46. The SMILES string of the molecule is COc1c(C)cc(C)cc1C(N)C1CCCN1. The van der Waals surface area contributed by atoms with Gasteiger partial charge in [-0.15, -0.1) is 0 Å². The van der Waals surface area contributed by atoms with E-state index in [2.05, 4.69) is 31.3 Å². The minimum Gasteiger partial charge on any atom is -0.496 e. The molecule has 1 aliphatic rings. The van der Waals surface area contributed by atoms with Gasteiger partial charge in [0.1, 0.15) is 5.75 Å². The fraction of sp³-hybridized carbons (Fsp3) is 0.571. The summed E-state index contributed by atoms with van der Waals surface area (Å²) in [6, 6.07) is 4.68. The van der Waals surface area contributed by atoms with Crippen molar-refractivity contribution < 1.29 is 4.74 Å². The maximum atomic E-state index is 6.37. The zero-order valence-corrected chi connectivity index (χ0v) is 10.9. The Bertz CT molecular complexity index is 397. The van der Waals surface area contributed by atoms with Crippen molar-refractivity contribution in [3.8, 4) is 5.75 Å². The lowest BCUT2D eigenvalue weighted by atomic mass is 9.94. The third-order valence-corrected chi connectivity index (χ3v) is 3.54. The zero-order chi connectivity index (χ0) is 12.4. The molecular weight excluding hydrogens is 212 g/mol. The van der Waals surface area contributed by atoms with E-state index >= 15 is 0 Å². The van der Waals surface area contributed by atoms with E-state index in [0.717, 1.165) is 29.8 Å². The molecule has 1 aliphatic heterocycles. The number of methoxy groups -OCH3 is 1. The van der Waals surface area contributed by atoms with E-state index in [9.17, 15) is 0 Å². The molecule has 0 amide bonds. The molecule has 0 saturated carbocycles. The van der Waals surface area contributed by atoms with E-state index in [1.807, 2.05) is 0 Å². The molecule has 0 radical (unpaired) electrons. The Labute approximate surface area is 103 Å². The Kier molecular flexibility index (Phi) is 3.69. The van der Waals surface area contributed by atoms with Gasteiger partial charge in [-0.3, -0.25) is 0 Å². The van der Waals surface area contributed by atoms with Crippen molar-refractivity contribution in [2.75, 3.05) is 13.7 Å². The summed E-state index contributed by atoms with van der Waals surface area (Å²) in [6.07, 6.45) is 2.36. The van der Waals surface area contributed by atoms with Gasteiger partial charge in [-0.1, -0.05) is 17.7 Å². The molecule has 94 valence electrons. The molecular formula is C14H22N2O. The second-order valence-electron chi connectivity index (χ2n) is 4.93. The third kappa shape index (κ3) is 2.45. The molecule has 2 unspecified atom stereocenters. The summed E-state index contributed by atoms with van der Waals surface area (Å²) in [6.45, 7) is 5.25. The number of hydrogen-bond donors (Lipinski definition) is 2. The fourth-order valence-electron chi connectivity index (χ4n) is 2.75. The maximum Gasteiger partial charge on any atom is 0.126 e. The molecule has 0 spiro atoms. The van der Waals surface area contributed by atoms with Crippen LogP contribution in [0.15, 0.2) is 12.1 Å². The highest BCUT2D eigenvalue weighted by atomic mass is 16.5. The van der Waals surface area contributed by atoms with Gasteiger partial charge in [-0.25, -0.2) is 0 Å². The van der Waals surface area contributed by atoms with E-state index in [1.54, 1.807) is 7.11 Å². The van der Waals surface area contributed by atoms with Gasteiger partial charge >= 0.3 is 0 Å². The highest BCUT2D eigenvalue weighted by Crippen LogP contribution is 2.32. The fourth-order valence-corrected chi connectivity index (χ4v) is 2.75. The van der Waals surface area contributed by atoms with Gasteiger partial charge in [-0.05, 0) is 38.8 Å². The number of ether oxygens (including phenoxy) is 1. The number of rotatable bonds is 3. The summed E-state index contributed by atoms with van der Waals surface area (Å²) in [5.74, 6) is 0.941. The minimum absolute atomic E-state index is 0.0195. The van der Waals surface area contributed by atoms with E-state index in [-0.39, 0.29) is 6.04 Å². The van der Waals surface area contributed by atoms with E-state index in [4.69, 9.17) is 10.5 Å². The molecule has 0 aromatic heterocycles. The van der Waals surface area contributed by atoms with Crippen LogP contribution in [0.2, 0.25) is 0 Å². The van der Waals surface area contributed by atoms with E-state index < -0.39 is 0 Å². The molecule has 1 fully saturated rings. The predicted molar refractivity (Wildman–Crippen MR) is 70.4 cm³/mol. The predicted octanol–water partition coefficient (Wildman–Crippen LogP) is 2.06. The van der Waals surface area contributed by atoms with Crippen LogP contribution in [0.4, 0.5) is 0 Å². The standard InChI is InChI=1S/C14H22N2O/c1-9-7-10(2)14(17-3)11(8-9)13(15)12-5-4-6-16-12/h7-8,12-13,16H,4-6,15H2,1-3H3. The van der Waals surface area contributed by atoms with Crippen LogP contribution in [0.5, 0.6) is 5.75 Å². The number of nitrogens with one attached hydrogen (secondary N) is 1. The number of benzene rings is 1. The van der Waals surface area contributed by atoms with Gasteiger partial charge in [0.05, 0.1) is 7.11 Å². The topological polar surface area (TPSA) is 47.3 Å². The van der Waals surface area contributed by atoms with Crippen molar-refractivity contribution in [3.63, 3.8) is 0 Å². The lowest BCUT2D eigenvalue weighted by Gasteiger charge is -2.23. The third-order valence-electron chi connectivity index (χ3n) is 3.54. The Morgan fingerprint density at radius 2 is 2.18 bits per heavy atom. The Hall–Kier alpha value is -1.06. The molecule has 2 atom stereocenters. The molecule has 3 heteroatoms. The van der Waals surface area contributed by atoms with Crippen LogP contribution in [0.3, 0.4) is 0 Å². The first-order valence-electron chi connectivity index (χ1n) is 6.27. The van der Waals surface area contributed by atoms with Crippen molar-refractivity contribution in [3.05, 3.63) is 28.8 Å². The first-order chi connectivity index (χ1) is 8.13. The van der Waals surface area contributed by atoms with Crippen LogP contribution in [-0.2, 0) is 0 Å². The molecule has 0 aliphatic carbocycles. The van der Waals surface area contributed by atoms with Gasteiger partial charge in [-0.2, -0.15) is 0 Å². The van der Waals surface area contributed by atoms with Crippen molar-refractivity contribution in [2.24, 2.45) is 5.73 Å². The summed E-state index contributed by atoms with van der Waals surface area (Å²) >= 11 is 0. The van der Waals surface area contributed by atoms with Crippen LogP contribution in [0, 0.1) is 13.8 Å². The number of hydrogen-bond acceptors (Lipinski definition) is 3. The number of nitrogens with two attached hydrogens (primary N) is 1. The summed E-state index contributed by atoms with van der Waals surface area (Å²) in [7, 11) is 1.72. The van der Waals surface area contributed by atoms with Crippen LogP contribution in [0.25, 0.3) is 0 Å². The zero-order valence-electron chi connectivity index (χ0n) is 10.9. The largest absolute Gasteiger partial charge is 0.496 e. The molecule has 1 aromatic rings. The highest BCUT2D eigenvalue weighted by molar-refractivity contribution is 5.46. The monoisotopic (exact) mass is 234 g/mol. The molecule has 2 rings (SSSR count). The second kappa shape index (κ2) is 5.07. The van der Waals surface area contributed by atoms with Gasteiger partial charge in [0.25, 0.3) is 0 Å². The molecule has 0 bridgehead atoms. The Morgan fingerprint density at radius 3 is 2.76 bits per heavy atom. The smallest absolute Gasteiger partial charge is 0.126 e. The normalized spacial score (nSPS) is 21.5. The maximum absolute atomic E-state index is 6.37. The quantitative estimate of drug-likeness (QED) is 0.841. The van der Waals surface area contributed by atoms with Crippen molar-refractivity contribution in [1.82, 2.24) is 5.32 Å². The van der Waals surface area contributed by atoms with E-state index in [1.165, 1.54) is 12.0 Å². The lowest BCUT2D eigenvalue weighted by Crippen LogP contribution is -2.34. The Balaban J connectivity index is 2.35. The van der Waals surface area contributed by atoms with Crippen LogP contribution in [-0.4, -0.2) is 19.7 Å². The van der Waals surface area contributed by atoms with Crippen LogP contribution >= 0.6 is 0 Å². The van der Waals surface area contributed by atoms with Gasteiger partial charge in [0, 0.05) is 17.6 Å². The van der Waals surface area contributed by atoms with E-state index in [0.29, 0.717) is 6.04 Å². The van der Waals surface area contributed by atoms with Gasteiger partial charge in [0.2, 0.25) is 0 Å².